The van der Waals surface area contributed by atoms with Crippen molar-refractivity contribution in [1.82, 2.24) is 4.90 Å². The fourth-order valence-corrected chi connectivity index (χ4v) is 2.43. The van der Waals surface area contributed by atoms with Gasteiger partial charge < -0.3 is 10.0 Å². The van der Waals surface area contributed by atoms with E-state index in [0.29, 0.717) is 19.0 Å². The van der Waals surface area contributed by atoms with Crippen molar-refractivity contribution in [3.05, 3.63) is 35.9 Å². The first-order chi connectivity index (χ1) is 9.13. The Balaban J connectivity index is 1.92. The van der Waals surface area contributed by atoms with Crippen molar-refractivity contribution in [2.45, 2.75) is 25.7 Å². The highest BCUT2D eigenvalue weighted by molar-refractivity contribution is 5.83. The minimum Gasteiger partial charge on any atom is -0.481 e. The van der Waals surface area contributed by atoms with Gasteiger partial charge in [-0.25, -0.2) is 0 Å². The van der Waals surface area contributed by atoms with Gasteiger partial charge in [-0.05, 0) is 24.8 Å². The zero-order chi connectivity index (χ0) is 13.8. The molecule has 19 heavy (non-hydrogen) atoms. The molecule has 1 aliphatic carbocycles. The van der Waals surface area contributed by atoms with E-state index in [1.807, 2.05) is 37.3 Å². The summed E-state index contributed by atoms with van der Waals surface area (Å²) in [5, 5.41) is 8.69. The Hall–Kier alpha value is -1.84. The minimum absolute atomic E-state index is 0.0162. The number of carboxylic acid groups (broad SMARTS) is 1. The van der Waals surface area contributed by atoms with Gasteiger partial charge in [-0.3, -0.25) is 9.59 Å². The highest BCUT2D eigenvalue weighted by Gasteiger charge is 2.45. The van der Waals surface area contributed by atoms with Gasteiger partial charge in [-0.2, -0.15) is 0 Å². The van der Waals surface area contributed by atoms with Crippen LogP contribution in [0, 0.1) is 5.92 Å². The van der Waals surface area contributed by atoms with E-state index in [4.69, 9.17) is 5.11 Å². The number of rotatable bonds is 6. The van der Waals surface area contributed by atoms with E-state index in [1.165, 1.54) is 5.56 Å². The topological polar surface area (TPSA) is 57.6 Å². The van der Waals surface area contributed by atoms with Gasteiger partial charge in [-0.1, -0.05) is 30.3 Å². The zero-order valence-electron chi connectivity index (χ0n) is 11.1. The summed E-state index contributed by atoms with van der Waals surface area (Å²) < 4.78 is 0. The maximum Gasteiger partial charge on any atom is 0.305 e. The van der Waals surface area contributed by atoms with E-state index in [-0.39, 0.29) is 18.2 Å². The van der Waals surface area contributed by atoms with Crippen LogP contribution < -0.4 is 0 Å². The predicted molar refractivity (Wildman–Crippen MR) is 71.8 cm³/mol. The summed E-state index contributed by atoms with van der Waals surface area (Å²) in [6, 6.07) is 10.0. The molecule has 1 aliphatic rings. The van der Waals surface area contributed by atoms with Gasteiger partial charge in [0.15, 0.2) is 0 Å². The molecule has 4 heteroatoms. The van der Waals surface area contributed by atoms with Crippen LogP contribution in [0.4, 0.5) is 0 Å². The molecule has 1 fully saturated rings. The largest absolute Gasteiger partial charge is 0.481 e. The Morgan fingerprint density at radius 1 is 1.32 bits per heavy atom. The van der Waals surface area contributed by atoms with Crippen molar-refractivity contribution < 1.29 is 14.7 Å². The Kier molecular flexibility index (Phi) is 4.20. The molecule has 0 saturated heterocycles. The van der Waals surface area contributed by atoms with E-state index in [2.05, 4.69) is 0 Å². The van der Waals surface area contributed by atoms with Gasteiger partial charge in [0.2, 0.25) is 5.91 Å². The number of carbonyl (C=O) groups excluding carboxylic acids is 1. The molecule has 0 aliphatic heterocycles. The molecule has 0 spiro atoms. The van der Waals surface area contributed by atoms with Crippen LogP contribution in [0.25, 0.3) is 0 Å². The van der Waals surface area contributed by atoms with Crippen LogP contribution in [0.1, 0.15) is 31.2 Å². The number of amides is 1. The predicted octanol–water partition coefficient (Wildman–Crippen LogP) is 2.11. The van der Waals surface area contributed by atoms with E-state index in [9.17, 15) is 9.59 Å². The first-order valence-electron chi connectivity index (χ1n) is 6.69. The third kappa shape index (κ3) is 3.34. The van der Waals surface area contributed by atoms with Crippen LogP contribution in [-0.2, 0) is 9.59 Å². The van der Waals surface area contributed by atoms with Crippen molar-refractivity contribution in [2.75, 3.05) is 13.1 Å². The van der Waals surface area contributed by atoms with Crippen LogP contribution in [0.3, 0.4) is 0 Å². The molecule has 4 nitrogen and oxygen atoms in total. The maximum atomic E-state index is 12.3. The normalized spacial score (nSPS) is 20.9. The first kappa shape index (κ1) is 13.6. The molecule has 1 aromatic rings. The third-order valence-corrected chi connectivity index (χ3v) is 3.62. The van der Waals surface area contributed by atoms with Gasteiger partial charge in [-0.15, -0.1) is 0 Å². The summed E-state index contributed by atoms with van der Waals surface area (Å²) >= 11 is 0. The number of nitrogens with zero attached hydrogens (tertiary/aromatic N) is 1. The Morgan fingerprint density at radius 2 is 2.00 bits per heavy atom. The summed E-state index contributed by atoms with van der Waals surface area (Å²) in [6.45, 7) is 2.77. The average Bonchev–Trinajstić information content (AvgIpc) is 3.20. The minimum atomic E-state index is -0.860. The number of aliphatic carboxylic acids is 1. The highest BCUT2D eigenvalue weighted by Crippen LogP contribution is 2.48. The van der Waals surface area contributed by atoms with E-state index < -0.39 is 5.97 Å². The van der Waals surface area contributed by atoms with Crippen LogP contribution in [-0.4, -0.2) is 35.0 Å². The highest BCUT2D eigenvalue weighted by atomic mass is 16.4. The smallest absolute Gasteiger partial charge is 0.305 e. The van der Waals surface area contributed by atoms with E-state index >= 15 is 0 Å². The molecule has 1 aromatic carbocycles. The molecule has 102 valence electrons. The van der Waals surface area contributed by atoms with Crippen LogP contribution >= 0.6 is 0 Å². The SMILES string of the molecule is CCN(CCC(=O)O)C(=O)C1CC1c1ccccc1. The Morgan fingerprint density at radius 3 is 2.58 bits per heavy atom. The number of carbonyl (C=O) groups is 2. The molecule has 2 unspecified atom stereocenters. The van der Waals surface area contributed by atoms with Crippen LogP contribution in [0.2, 0.25) is 0 Å². The number of hydrogen-bond donors (Lipinski definition) is 1. The molecule has 0 heterocycles. The average molecular weight is 261 g/mol. The molecule has 0 radical (unpaired) electrons. The molecule has 0 bridgehead atoms. The van der Waals surface area contributed by atoms with E-state index in [1.54, 1.807) is 4.90 Å². The molecule has 2 atom stereocenters. The van der Waals surface area contributed by atoms with E-state index in [0.717, 1.165) is 6.42 Å². The molecule has 2 rings (SSSR count). The lowest BCUT2D eigenvalue weighted by molar-refractivity contribution is -0.138. The second kappa shape index (κ2) is 5.87. The zero-order valence-corrected chi connectivity index (χ0v) is 11.1. The number of benzene rings is 1. The second-order valence-corrected chi connectivity index (χ2v) is 4.92. The molecule has 1 saturated carbocycles. The fraction of sp³-hybridized carbons (Fsp3) is 0.467. The lowest BCUT2D eigenvalue weighted by Crippen LogP contribution is -2.34. The van der Waals surface area contributed by atoms with Crippen molar-refractivity contribution in [3.63, 3.8) is 0 Å². The Labute approximate surface area is 113 Å². The summed E-state index contributed by atoms with van der Waals surface area (Å²) in [5.74, 6) is -0.414. The van der Waals surface area contributed by atoms with Crippen molar-refractivity contribution in [2.24, 2.45) is 5.92 Å². The van der Waals surface area contributed by atoms with Crippen molar-refractivity contribution in [3.8, 4) is 0 Å². The summed E-state index contributed by atoms with van der Waals surface area (Å²) in [5.41, 5.74) is 1.20. The monoisotopic (exact) mass is 261 g/mol. The molecular weight excluding hydrogens is 242 g/mol. The summed E-state index contributed by atoms with van der Waals surface area (Å²) in [6.07, 6.45) is 0.898. The quantitative estimate of drug-likeness (QED) is 0.853. The molecule has 1 N–H and O–H groups in total. The molecule has 1 amide bonds. The maximum absolute atomic E-state index is 12.3. The third-order valence-electron chi connectivity index (χ3n) is 3.62. The van der Waals surface area contributed by atoms with Gasteiger partial charge in [0.25, 0.3) is 0 Å². The van der Waals surface area contributed by atoms with Gasteiger partial charge in [0.05, 0.1) is 6.42 Å². The number of hydrogen-bond acceptors (Lipinski definition) is 2. The van der Waals surface area contributed by atoms with Crippen molar-refractivity contribution >= 4 is 11.9 Å². The first-order valence-corrected chi connectivity index (χ1v) is 6.69. The molecule has 0 aromatic heterocycles. The summed E-state index contributed by atoms with van der Waals surface area (Å²) in [4.78, 5) is 24.5. The van der Waals surface area contributed by atoms with Gasteiger partial charge in [0.1, 0.15) is 0 Å². The van der Waals surface area contributed by atoms with Crippen molar-refractivity contribution in [1.29, 1.82) is 0 Å². The fourth-order valence-electron chi connectivity index (χ4n) is 2.43. The van der Waals surface area contributed by atoms with Crippen LogP contribution in [0.5, 0.6) is 0 Å². The molecular formula is C15H19NO3. The Bertz CT molecular complexity index is 458. The lowest BCUT2D eigenvalue weighted by atomic mass is 10.1. The standard InChI is InChI=1S/C15H19NO3/c1-2-16(9-8-14(17)18)15(19)13-10-12(13)11-6-4-3-5-7-11/h3-7,12-13H,2,8-10H2,1H3,(H,17,18). The van der Waals surface area contributed by atoms with Gasteiger partial charge in [0, 0.05) is 19.0 Å². The lowest BCUT2D eigenvalue weighted by Gasteiger charge is -2.20. The summed E-state index contributed by atoms with van der Waals surface area (Å²) in [7, 11) is 0. The van der Waals surface area contributed by atoms with Gasteiger partial charge >= 0.3 is 5.97 Å². The second-order valence-electron chi connectivity index (χ2n) is 4.92. The number of carboxylic acids is 1. The van der Waals surface area contributed by atoms with Crippen LogP contribution in [0.15, 0.2) is 30.3 Å².